The van der Waals surface area contributed by atoms with Gasteiger partial charge in [0.05, 0.1) is 55.1 Å². The smallest absolute Gasteiger partial charge is 0.238 e. The Bertz CT molecular complexity index is 1890. The van der Waals surface area contributed by atoms with Crippen LogP contribution in [-0.2, 0) is 19.2 Å². The van der Waals surface area contributed by atoms with E-state index in [0.29, 0.717) is 27.8 Å². The van der Waals surface area contributed by atoms with Crippen LogP contribution in [0.25, 0.3) is 5.57 Å². The molecule has 4 amide bonds. The number of hydrogen-bond acceptors (Lipinski definition) is 4. The summed E-state index contributed by atoms with van der Waals surface area (Å²) in [4.78, 5) is 59.1. The minimum atomic E-state index is -0.695. The van der Waals surface area contributed by atoms with E-state index in [9.17, 15) is 19.2 Å². The van der Waals surface area contributed by atoms with Crippen LogP contribution < -0.4 is 9.80 Å². The van der Waals surface area contributed by atoms with Crippen molar-refractivity contribution in [3.05, 3.63) is 110 Å². The van der Waals surface area contributed by atoms with Crippen molar-refractivity contribution in [1.82, 2.24) is 0 Å². The molecular weight excluding hydrogens is 642 g/mol. The van der Waals surface area contributed by atoms with Crippen molar-refractivity contribution in [2.24, 2.45) is 41.4 Å². The maximum absolute atomic E-state index is 14.3. The molecular formula is C34H22Cl4N2O4. The number of fused-ring (bicyclic) bond motifs is 1. The van der Waals surface area contributed by atoms with Crippen molar-refractivity contribution in [2.75, 3.05) is 9.80 Å². The predicted molar refractivity (Wildman–Crippen MR) is 169 cm³/mol. The number of hydrogen-bond donors (Lipinski definition) is 0. The molecule has 9 rings (SSSR count). The number of imide groups is 2. The van der Waals surface area contributed by atoms with Gasteiger partial charge in [0.15, 0.2) is 0 Å². The van der Waals surface area contributed by atoms with Gasteiger partial charge in [0, 0.05) is 11.8 Å². The molecule has 0 unspecified atom stereocenters. The summed E-state index contributed by atoms with van der Waals surface area (Å²) >= 11 is 24.8. The first kappa shape index (κ1) is 28.1. The van der Waals surface area contributed by atoms with E-state index in [2.05, 4.69) is 0 Å². The lowest BCUT2D eigenvalue weighted by Crippen LogP contribution is -2.51. The molecule has 0 N–H and O–H groups in total. The summed E-state index contributed by atoms with van der Waals surface area (Å²) in [6.07, 6.45) is 4.34. The molecule has 2 bridgehead atoms. The molecule has 4 aliphatic carbocycles. The van der Waals surface area contributed by atoms with Crippen molar-refractivity contribution in [3.63, 3.8) is 0 Å². The number of nitrogens with zero attached hydrogens (tertiary/aromatic N) is 2. The van der Waals surface area contributed by atoms with Crippen LogP contribution in [0.2, 0.25) is 20.1 Å². The van der Waals surface area contributed by atoms with Gasteiger partial charge < -0.3 is 0 Å². The van der Waals surface area contributed by atoms with Crippen LogP contribution in [0.15, 0.2) is 84.5 Å². The maximum Gasteiger partial charge on any atom is 0.238 e. The highest BCUT2D eigenvalue weighted by atomic mass is 35.5. The fourth-order valence-corrected chi connectivity index (χ4v) is 8.86. The Balaban J connectivity index is 1.28. The van der Waals surface area contributed by atoms with E-state index >= 15 is 0 Å². The van der Waals surface area contributed by atoms with E-state index in [4.69, 9.17) is 46.4 Å². The number of amides is 4. The molecule has 1 saturated carbocycles. The van der Waals surface area contributed by atoms with Gasteiger partial charge in [0.25, 0.3) is 0 Å². The molecule has 2 aliphatic heterocycles. The minimum absolute atomic E-state index is 0.239. The third-order valence-electron chi connectivity index (χ3n) is 9.95. The fraction of sp³-hybridized carbons (Fsp3) is 0.235. The monoisotopic (exact) mass is 662 g/mol. The van der Waals surface area contributed by atoms with Gasteiger partial charge in [-0.1, -0.05) is 94.5 Å². The summed E-state index contributed by atoms with van der Waals surface area (Å²) in [5, 5.41) is 1.12. The lowest BCUT2D eigenvalue weighted by molar-refractivity contribution is -0.129. The Morgan fingerprint density at radius 1 is 0.568 bits per heavy atom. The number of rotatable bonds is 3. The molecule has 3 aromatic carbocycles. The topological polar surface area (TPSA) is 74.8 Å². The molecule has 2 heterocycles. The zero-order valence-corrected chi connectivity index (χ0v) is 25.8. The van der Waals surface area contributed by atoms with Crippen LogP contribution in [0.1, 0.15) is 12.0 Å². The van der Waals surface area contributed by atoms with Gasteiger partial charge in [-0.2, -0.15) is 0 Å². The first-order chi connectivity index (χ1) is 21.2. The van der Waals surface area contributed by atoms with E-state index in [-0.39, 0.29) is 33.7 Å². The third kappa shape index (κ3) is 3.81. The number of carbonyl (C=O) groups is 4. The first-order valence-electron chi connectivity index (χ1n) is 14.3. The third-order valence-corrected chi connectivity index (χ3v) is 11.4. The van der Waals surface area contributed by atoms with Gasteiger partial charge in [-0.05, 0) is 59.9 Å². The Morgan fingerprint density at radius 2 is 1.14 bits per heavy atom. The van der Waals surface area contributed by atoms with Crippen LogP contribution in [0.4, 0.5) is 11.4 Å². The molecule has 7 atom stereocenters. The molecule has 44 heavy (non-hydrogen) atoms. The Hall–Kier alpha value is -3.42. The average Bonchev–Trinajstić information content (AvgIpc) is 3.45. The number of carbonyl (C=O) groups excluding carboxylic acids is 4. The van der Waals surface area contributed by atoms with E-state index in [0.717, 1.165) is 16.7 Å². The van der Waals surface area contributed by atoms with Gasteiger partial charge >= 0.3 is 0 Å². The highest BCUT2D eigenvalue weighted by Crippen LogP contribution is 2.63. The van der Waals surface area contributed by atoms with E-state index in [1.54, 1.807) is 24.3 Å². The molecule has 2 saturated heterocycles. The Labute approximate surface area is 272 Å². The van der Waals surface area contributed by atoms with Crippen molar-refractivity contribution in [1.29, 1.82) is 0 Å². The SMILES string of the molecule is O=C1[C@H]2[C@@H]3C=C[C@@H](C4=C(c5ccccc5)C[C@H]5C(=O)N(c6ccc(Cl)c(Cl)c6)C(=O)[C@H]5[C@H]43)[C@H]2C(=O)N1c1ccc(Cl)c(Cl)c1. The Kier molecular flexibility index (Phi) is 6.41. The number of allylic oxidation sites excluding steroid dienone is 4. The zero-order chi connectivity index (χ0) is 30.6. The van der Waals surface area contributed by atoms with Gasteiger partial charge in [0.1, 0.15) is 0 Å². The maximum atomic E-state index is 14.3. The predicted octanol–water partition coefficient (Wildman–Crippen LogP) is 7.50. The number of halogens is 4. The van der Waals surface area contributed by atoms with Gasteiger partial charge in [0.2, 0.25) is 23.6 Å². The van der Waals surface area contributed by atoms with Crippen molar-refractivity contribution < 1.29 is 19.2 Å². The largest absolute Gasteiger partial charge is 0.274 e. The van der Waals surface area contributed by atoms with E-state index in [1.807, 2.05) is 42.5 Å². The molecule has 6 nitrogen and oxygen atoms in total. The molecule has 3 fully saturated rings. The van der Waals surface area contributed by atoms with E-state index < -0.39 is 41.4 Å². The van der Waals surface area contributed by atoms with Crippen LogP contribution in [0.5, 0.6) is 0 Å². The molecule has 220 valence electrons. The lowest BCUT2D eigenvalue weighted by Gasteiger charge is -2.51. The van der Waals surface area contributed by atoms with Crippen LogP contribution in [0, 0.1) is 41.4 Å². The molecule has 0 spiro atoms. The molecule has 3 aromatic rings. The first-order valence-corrected chi connectivity index (χ1v) is 15.8. The second-order valence-corrected chi connectivity index (χ2v) is 13.6. The highest BCUT2D eigenvalue weighted by molar-refractivity contribution is 6.43. The second-order valence-electron chi connectivity index (χ2n) is 11.9. The number of anilines is 2. The normalized spacial score (nSPS) is 30.3. The van der Waals surface area contributed by atoms with Crippen LogP contribution >= 0.6 is 46.4 Å². The minimum Gasteiger partial charge on any atom is -0.274 e. The molecule has 0 radical (unpaired) electrons. The van der Waals surface area contributed by atoms with Gasteiger partial charge in [-0.15, -0.1) is 0 Å². The van der Waals surface area contributed by atoms with E-state index in [1.165, 1.54) is 21.9 Å². The summed E-state index contributed by atoms with van der Waals surface area (Å²) in [6, 6.07) is 19.2. The van der Waals surface area contributed by atoms with Crippen LogP contribution in [-0.4, -0.2) is 23.6 Å². The molecule has 10 heteroatoms. The molecule has 6 aliphatic rings. The average molecular weight is 664 g/mol. The Morgan fingerprint density at radius 3 is 1.75 bits per heavy atom. The van der Waals surface area contributed by atoms with Crippen molar-refractivity contribution in [3.8, 4) is 0 Å². The quantitative estimate of drug-likeness (QED) is 0.215. The fourth-order valence-electron chi connectivity index (χ4n) is 8.27. The van der Waals surface area contributed by atoms with Gasteiger partial charge in [-0.3, -0.25) is 19.2 Å². The summed E-state index contributed by atoms with van der Waals surface area (Å²) in [6.45, 7) is 0. The zero-order valence-electron chi connectivity index (χ0n) is 22.8. The summed E-state index contributed by atoms with van der Waals surface area (Å²) in [5.74, 6) is -5.21. The second kappa shape index (κ2) is 10.0. The van der Waals surface area contributed by atoms with Gasteiger partial charge in [-0.25, -0.2) is 9.80 Å². The van der Waals surface area contributed by atoms with Crippen LogP contribution in [0.3, 0.4) is 0 Å². The summed E-state index contributed by atoms with van der Waals surface area (Å²) < 4.78 is 0. The molecule has 0 aromatic heterocycles. The summed E-state index contributed by atoms with van der Waals surface area (Å²) in [5.41, 5.74) is 3.59. The van der Waals surface area contributed by atoms with Crippen molar-refractivity contribution >= 4 is 87.0 Å². The highest BCUT2D eigenvalue weighted by Gasteiger charge is 2.67. The number of benzene rings is 3. The lowest BCUT2D eigenvalue weighted by atomic mass is 9.49. The standard InChI is InChI=1S/C34H22Cl4N2O4/c35-22-10-6-16(12-24(22)37)39-31(41)21-14-20(15-4-2-1-3-5-15)26-18-8-9-19(27(26)30(21)34(39)44)29-28(18)32(42)40(33(29)43)17-7-11-23(36)25(38)13-17/h1-13,18-19,21,27-30H,14H2/t18-,19+,21+,27-,28+,29-,30+/m0/s1. The van der Waals surface area contributed by atoms with Crippen molar-refractivity contribution in [2.45, 2.75) is 6.42 Å². The summed E-state index contributed by atoms with van der Waals surface area (Å²) in [7, 11) is 0.